The quantitative estimate of drug-likeness (QED) is 0.618. The third-order valence-electron chi connectivity index (χ3n) is 1.76. The van der Waals surface area contributed by atoms with Crippen molar-refractivity contribution in [3.63, 3.8) is 0 Å². The number of anilines is 2. The molecule has 0 atom stereocenters. The van der Waals surface area contributed by atoms with Gasteiger partial charge in [0.15, 0.2) is 0 Å². The van der Waals surface area contributed by atoms with Crippen LogP contribution in [-0.2, 0) is 0 Å². The third-order valence-corrected chi connectivity index (χ3v) is 1.76. The number of pyridine rings is 1. The maximum absolute atomic E-state index is 10.4. The van der Waals surface area contributed by atoms with Gasteiger partial charge >= 0.3 is 0 Å². The number of nitro groups is 1. The predicted octanol–water partition coefficient (Wildman–Crippen LogP) is 1.52. The van der Waals surface area contributed by atoms with Gasteiger partial charge in [-0.3, -0.25) is 10.1 Å². The van der Waals surface area contributed by atoms with Crippen LogP contribution in [0.3, 0.4) is 0 Å². The molecule has 7 nitrogen and oxygen atoms in total. The van der Waals surface area contributed by atoms with Crippen molar-refractivity contribution in [1.29, 1.82) is 0 Å². The van der Waals surface area contributed by atoms with Crippen LogP contribution in [0.15, 0.2) is 36.8 Å². The summed E-state index contributed by atoms with van der Waals surface area (Å²) in [4.78, 5) is 21.6. The van der Waals surface area contributed by atoms with Crippen LogP contribution in [0.2, 0.25) is 0 Å². The average Bonchev–Trinajstić information content (AvgIpc) is 2.31. The van der Waals surface area contributed by atoms with E-state index in [0.29, 0.717) is 11.8 Å². The second-order valence-electron chi connectivity index (χ2n) is 2.86. The van der Waals surface area contributed by atoms with Gasteiger partial charge in [-0.15, -0.1) is 0 Å². The third kappa shape index (κ3) is 2.27. The second-order valence-corrected chi connectivity index (χ2v) is 2.86. The highest BCUT2D eigenvalue weighted by molar-refractivity contribution is 5.48. The van der Waals surface area contributed by atoms with Gasteiger partial charge in [0, 0.05) is 18.5 Å². The van der Waals surface area contributed by atoms with E-state index >= 15 is 0 Å². The van der Waals surface area contributed by atoms with Crippen molar-refractivity contribution in [2.45, 2.75) is 0 Å². The number of aromatic nitrogens is 3. The molecule has 2 aromatic rings. The number of rotatable bonds is 3. The molecule has 0 saturated carbocycles. The Balaban J connectivity index is 2.14. The lowest BCUT2D eigenvalue weighted by molar-refractivity contribution is -0.385. The number of nitrogens with one attached hydrogen (secondary N) is 1. The normalized spacial score (nSPS) is 9.75. The number of nitrogens with zero attached hydrogens (tertiary/aromatic N) is 4. The van der Waals surface area contributed by atoms with Gasteiger partial charge in [-0.25, -0.2) is 15.0 Å². The van der Waals surface area contributed by atoms with Crippen LogP contribution in [-0.4, -0.2) is 19.9 Å². The molecular weight excluding hydrogens is 210 g/mol. The number of hydrogen-bond donors (Lipinski definition) is 1. The molecule has 0 radical (unpaired) electrons. The summed E-state index contributed by atoms with van der Waals surface area (Å²) >= 11 is 0. The highest BCUT2D eigenvalue weighted by Gasteiger charge is 2.05. The van der Waals surface area contributed by atoms with E-state index in [1.165, 1.54) is 18.3 Å². The molecule has 0 aliphatic carbocycles. The van der Waals surface area contributed by atoms with E-state index in [4.69, 9.17) is 0 Å². The van der Waals surface area contributed by atoms with E-state index in [-0.39, 0.29) is 5.69 Å². The van der Waals surface area contributed by atoms with Gasteiger partial charge in [-0.05, 0) is 12.1 Å². The Bertz CT molecular complexity index is 485. The Hall–Kier alpha value is -2.57. The van der Waals surface area contributed by atoms with Crippen LogP contribution >= 0.6 is 0 Å². The van der Waals surface area contributed by atoms with Gasteiger partial charge in [0.25, 0.3) is 5.69 Å². The first-order valence-corrected chi connectivity index (χ1v) is 4.40. The summed E-state index contributed by atoms with van der Waals surface area (Å²) in [5.41, 5.74) is -0.0560. The Morgan fingerprint density at radius 3 is 2.50 bits per heavy atom. The first-order chi connectivity index (χ1) is 7.75. The fourth-order valence-corrected chi connectivity index (χ4v) is 1.05. The molecule has 0 bridgehead atoms. The van der Waals surface area contributed by atoms with Gasteiger partial charge in [0.05, 0.1) is 4.92 Å². The molecule has 7 heteroatoms. The lowest BCUT2D eigenvalue weighted by Crippen LogP contribution is -1.98. The summed E-state index contributed by atoms with van der Waals surface area (Å²) in [6, 6.07) is 4.54. The van der Waals surface area contributed by atoms with Crippen molar-refractivity contribution < 1.29 is 4.92 Å². The zero-order valence-electron chi connectivity index (χ0n) is 8.07. The van der Waals surface area contributed by atoms with E-state index in [2.05, 4.69) is 20.3 Å². The molecule has 0 spiro atoms. The molecule has 2 rings (SSSR count). The molecule has 16 heavy (non-hydrogen) atoms. The molecule has 80 valence electrons. The van der Waals surface area contributed by atoms with Crippen LogP contribution in [0, 0.1) is 10.1 Å². The van der Waals surface area contributed by atoms with Crippen molar-refractivity contribution in [3.8, 4) is 0 Å². The van der Waals surface area contributed by atoms with E-state index in [9.17, 15) is 10.1 Å². The van der Waals surface area contributed by atoms with Gasteiger partial charge in [0.2, 0.25) is 5.95 Å². The minimum absolute atomic E-state index is 0.0560. The molecule has 0 aliphatic rings. The molecule has 0 amide bonds. The summed E-state index contributed by atoms with van der Waals surface area (Å²) in [5, 5.41) is 13.2. The second kappa shape index (κ2) is 4.30. The Morgan fingerprint density at radius 1 is 1.19 bits per heavy atom. The van der Waals surface area contributed by atoms with Gasteiger partial charge in [0.1, 0.15) is 12.0 Å². The van der Waals surface area contributed by atoms with Gasteiger partial charge in [-0.2, -0.15) is 0 Å². The Labute approximate surface area is 90.4 Å². The molecule has 2 aromatic heterocycles. The predicted molar refractivity (Wildman–Crippen MR) is 56.2 cm³/mol. The van der Waals surface area contributed by atoms with Gasteiger partial charge < -0.3 is 5.32 Å². The number of hydrogen-bond acceptors (Lipinski definition) is 6. The summed E-state index contributed by atoms with van der Waals surface area (Å²) in [7, 11) is 0. The summed E-state index contributed by atoms with van der Waals surface area (Å²) in [6.07, 6.45) is 4.34. The summed E-state index contributed by atoms with van der Waals surface area (Å²) in [5.74, 6) is 0.848. The molecule has 1 N–H and O–H groups in total. The lowest BCUT2D eigenvalue weighted by atomic mass is 10.4. The minimum atomic E-state index is -0.504. The zero-order valence-corrected chi connectivity index (χ0v) is 8.07. The van der Waals surface area contributed by atoms with Gasteiger partial charge in [-0.1, -0.05) is 0 Å². The fraction of sp³-hybridized carbons (Fsp3) is 0. The molecule has 0 unspecified atom stereocenters. The standard InChI is InChI=1S/C9H7N5O2/c15-14(16)7-2-3-8(12-6-7)13-9-10-4-1-5-11-9/h1-6H,(H,10,11,12,13). The Morgan fingerprint density at radius 2 is 1.94 bits per heavy atom. The molecule has 2 heterocycles. The maximum atomic E-state index is 10.4. The fourth-order valence-electron chi connectivity index (χ4n) is 1.05. The monoisotopic (exact) mass is 217 g/mol. The highest BCUT2D eigenvalue weighted by atomic mass is 16.6. The van der Waals surface area contributed by atoms with Crippen molar-refractivity contribution in [2.24, 2.45) is 0 Å². The zero-order chi connectivity index (χ0) is 11.4. The van der Waals surface area contributed by atoms with E-state index in [1.54, 1.807) is 18.5 Å². The van der Waals surface area contributed by atoms with Crippen LogP contribution in [0.5, 0.6) is 0 Å². The van der Waals surface area contributed by atoms with Crippen molar-refractivity contribution in [2.75, 3.05) is 5.32 Å². The topological polar surface area (TPSA) is 93.8 Å². The molecular formula is C9H7N5O2. The average molecular weight is 217 g/mol. The maximum Gasteiger partial charge on any atom is 0.287 e. The minimum Gasteiger partial charge on any atom is -0.309 e. The molecule has 0 aliphatic heterocycles. The SMILES string of the molecule is O=[N+]([O-])c1ccc(Nc2ncccn2)nc1. The van der Waals surface area contributed by atoms with Crippen LogP contribution in [0.4, 0.5) is 17.5 Å². The van der Waals surface area contributed by atoms with Crippen LogP contribution in [0.25, 0.3) is 0 Å². The van der Waals surface area contributed by atoms with Crippen LogP contribution in [0.1, 0.15) is 0 Å². The van der Waals surface area contributed by atoms with Crippen molar-refractivity contribution in [3.05, 3.63) is 46.9 Å². The molecule has 0 saturated heterocycles. The first kappa shape index (κ1) is 9.97. The highest BCUT2D eigenvalue weighted by Crippen LogP contribution is 2.13. The lowest BCUT2D eigenvalue weighted by Gasteiger charge is -2.01. The van der Waals surface area contributed by atoms with Crippen LogP contribution < -0.4 is 5.32 Å². The summed E-state index contributed by atoms with van der Waals surface area (Å²) < 4.78 is 0. The largest absolute Gasteiger partial charge is 0.309 e. The van der Waals surface area contributed by atoms with E-state index in [0.717, 1.165) is 0 Å². The van der Waals surface area contributed by atoms with Crippen molar-refractivity contribution >= 4 is 17.5 Å². The van der Waals surface area contributed by atoms with E-state index < -0.39 is 4.92 Å². The molecule has 0 fully saturated rings. The summed E-state index contributed by atoms with van der Waals surface area (Å²) in [6.45, 7) is 0. The first-order valence-electron chi connectivity index (χ1n) is 4.40. The molecule has 0 aromatic carbocycles. The smallest absolute Gasteiger partial charge is 0.287 e. The van der Waals surface area contributed by atoms with Crippen molar-refractivity contribution in [1.82, 2.24) is 15.0 Å². The Kier molecular flexibility index (Phi) is 2.68. The van der Waals surface area contributed by atoms with E-state index in [1.807, 2.05) is 0 Å².